The highest BCUT2D eigenvalue weighted by molar-refractivity contribution is 5.36. The molecule has 17 heavy (non-hydrogen) atoms. The molecule has 1 rings (SSSR count). The topological polar surface area (TPSA) is 0 Å². The summed E-state index contributed by atoms with van der Waals surface area (Å²) in [5.41, 5.74) is 4.76. The summed E-state index contributed by atoms with van der Waals surface area (Å²) in [6, 6.07) is 0. The van der Waals surface area contributed by atoms with Gasteiger partial charge in [0.25, 0.3) is 0 Å². The molecule has 0 aliphatic heterocycles. The number of rotatable bonds is 3. The third kappa shape index (κ3) is 4.03. The van der Waals surface area contributed by atoms with Crippen molar-refractivity contribution in [3.63, 3.8) is 0 Å². The van der Waals surface area contributed by atoms with Crippen LogP contribution in [0.3, 0.4) is 0 Å². The molecule has 0 N–H and O–H groups in total. The Balaban J connectivity index is 2.89. The molecule has 0 atom stereocenters. The second kappa shape index (κ2) is 6.05. The van der Waals surface area contributed by atoms with E-state index in [2.05, 4.69) is 58.1 Å². The fourth-order valence-electron chi connectivity index (χ4n) is 2.53. The fraction of sp³-hybridized carbons (Fsp3) is 0.529. The molecule has 0 saturated carbocycles. The highest BCUT2D eigenvalue weighted by Crippen LogP contribution is 2.40. The van der Waals surface area contributed by atoms with E-state index in [9.17, 15) is 0 Å². The largest absolute Gasteiger partial charge is 0.0877 e. The first kappa shape index (κ1) is 14.0. The van der Waals surface area contributed by atoms with Crippen LogP contribution in [-0.2, 0) is 0 Å². The Bertz CT molecular complexity index is 373. The molecule has 0 aromatic carbocycles. The van der Waals surface area contributed by atoms with Gasteiger partial charge < -0.3 is 0 Å². The first-order valence-electron chi connectivity index (χ1n) is 6.65. The minimum atomic E-state index is 0.347. The highest BCUT2D eigenvalue weighted by atomic mass is 14.3. The second-order valence-electron chi connectivity index (χ2n) is 5.70. The van der Waals surface area contributed by atoms with Crippen molar-refractivity contribution >= 4 is 0 Å². The van der Waals surface area contributed by atoms with E-state index in [4.69, 9.17) is 0 Å². The average molecular weight is 230 g/mol. The average Bonchev–Trinajstić information content (AvgIpc) is 2.24. The van der Waals surface area contributed by atoms with Gasteiger partial charge in [0.1, 0.15) is 0 Å². The van der Waals surface area contributed by atoms with Crippen LogP contribution in [0.5, 0.6) is 0 Å². The maximum absolute atomic E-state index is 2.36. The van der Waals surface area contributed by atoms with Gasteiger partial charge in [0, 0.05) is 0 Å². The van der Waals surface area contributed by atoms with Crippen molar-refractivity contribution in [2.75, 3.05) is 0 Å². The molecule has 0 nitrogen and oxygen atoms in total. The Morgan fingerprint density at radius 1 is 1.29 bits per heavy atom. The number of hydrogen-bond acceptors (Lipinski definition) is 0. The van der Waals surface area contributed by atoms with Crippen LogP contribution in [0.25, 0.3) is 0 Å². The van der Waals surface area contributed by atoms with Crippen LogP contribution in [0.4, 0.5) is 0 Å². The second-order valence-corrected chi connectivity index (χ2v) is 5.70. The summed E-state index contributed by atoms with van der Waals surface area (Å²) in [4.78, 5) is 0. The molecule has 0 saturated heterocycles. The highest BCUT2D eigenvalue weighted by Gasteiger charge is 2.26. The van der Waals surface area contributed by atoms with Crippen LogP contribution in [0.2, 0.25) is 0 Å². The zero-order valence-electron chi connectivity index (χ0n) is 12.0. The lowest BCUT2D eigenvalue weighted by Crippen LogP contribution is -2.19. The minimum Gasteiger partial charge on any atom is -0.0877 e. The summed E-state index contributed by atoms with van der Waals surface area (Å²) < 4.78 is 0. The summed E-state index contributed by atoms with van der Waals surface area (Å²) >= 11 is 0. The van der Waals surface area contributed by atoms with Gasteiger partial charge in [-0.15, -0.1) is 0 Å². The summed E-state index contributed by atoms with van der Waals surface area (Å²) in [5, 5.41) is 0. The van der Waals surface area contributed by atoms with E-state index < -0.39 is 0 Å². The first-order valence-corrected chi connectivity index (χ1v) is 6.65. The lowest BCUT2D eigenvalue weighted by Gasteiger charge is -2.32. The molecule has 0 unspecified atom stereocenters. The van der Waals surface area contributed by atoms with Crippen molar-refractivity contribution in [3.05, 3.63) is 47.1 Å². The van der Waals surface area contributed by atoms with Crippen molar-refractivity contribution in [3.8, 4) is 0 Å². The Hall–Kier alpha value is -1.04. The van der Waals surface area contributed by atoms with E-state index >= 15 is 0 Å². The number of hydrogen-bond donors (Lipinski definition) is 0. The molecule has 0 amide bonds. The molecule has 0 heterocycles. The maximum Gasteiger partial charge on any atom is -0.0104 e. The monoisotopic (exact) mass is 230 g/mol. The number of allylic oxidation sites excluding steroid dienone is 8. The van der Waals surface area contributed by atoms with E-state index in [-0.39, 0.29) is 0 Å². The Kier molecular flexibility index (Phi) is 4.99. The van der Waals surface area contributed by atoms with Crippen LogP contribution in [0.15, 0.2) is 47.1 Å². The van der Waals surface area contributed by atoms with Crippen LogP contribution in [-0.4, -0.2) is 0 Å². The van der Waals surface area contributed by atoms with E-state index in [1.165, 1.54) is 30.4 Å². The molecule has 94 valence electrons. The summed E-state index contributed by atoms with van der Waals surface area (Å²) in [6.07, 6.45) is 14.8. The summed E-state index contributed by atoms with van der Waals surface area (Å²) in [6.45, 7) is 11.2. The molecule has 1 aliphatic carbocycles. The molecule has 0 spiro atoms. The van der Waals surface area contributed by atoms with Crippen LogP contribution in [0.1, 0.15) is 53.9 Å². The van der Waals surface area contributed by atoms with Gasteiger partial charge in [-0.2, -0.15) is 0 Å². The Morgan fingerprint density at radius 3 is 2.59 bits per heavy atom. The van der Waals surface area contributed by atoms with Crippen molar-refractivity contribution in [2.45, 2.75) is 53.9 Å². The summed E-state index contributed by atoms with van der Waals surface area (Å²) in [7, 11) is 0. The normalized spacial score (nSPS) is 21.8. The van der Waals surface area contributed by atoms with Gasteiger partial charge in [-0.25, -0.2) is 0 Å². The van der Waals surface area contributed by atoms with E-state index in [0.717, 1.165) is 0 Å². The lowest BCUT2D eigenvalue weighted by molar-refractivity contribution is 0.377. The maximum atomic E-state index is 2.36. The quantitative estimate of drug-likeness (QED) is 0.554. The third-order valence-corrected chi connectivity index (χ3v) is 3.61. The predicted octanol–water partition coefficient (Wildman–Crippen LogP) is 5.59. The fourth-order valence-corrected chi connectivity index (χ4v) is 2.53. The van der Waals surface area contributed by atoms with Gasteiger partial charge in [-0.1, -0.05) is 55.4 Å². The van der Waals surface area contributed by atoms with E-state index in [1.54, 1.807) is 5.57 Å². The molecule has 0 aromatic rings. The zero-order valence-corrected chi connectivity index (χ0v) is 12.0. The van der Waals surface area contributed by atoms with Gasteiger partial charge in [0.15, 0.2) is 0 Å². The van der Waals surface area contributed by atoms with Crippen LogP contribution in [0, 0.1) is 5.41 Å². The molecular formula is C17H26. The molecule has 0 aromatic heterocycles. The van der Waals surface area contributed by atoms with E-state index in [1.807, 2.05) is 6.92 Å². The Morgan fingerprint density at radius 2 is 2.00 bits per heavy atom. The van der Waals surface area contributed by atoms with Crippen molar-refractivity contribution in [2.24, 2.45) is 5.41 Å². The molecule has 1 aliphatic rings. The molecule has 0 fully saturated rings. The van der Waals surface area contributed by atoms with Crippen LogP contribution >= 0.6 is 0 Å². The van der Waals surface area contributed by atoms with Crippen LogP contribution < -0.4 is 0 Å². The molecule has 0 heteroatoms. The van der Waals surface area contributed by atoms with Crippen molar-refractivity contribution in [1.29, 1.82) is 0 Å². The van der Waals surface area contributed by atoms with Gasteiger partial charge >= 0.3 is 0 Å². The van der Waals surface area contributed by atoms with Gasteiger partial charge in [-0.05, 0) is 51.0 Å². The van der Waals surface area contributed by atoms with Gasteiger partial charge in [0.05, 0.1) is 0 Å². The van der Waals surface area contributed by atoms with Crippen molar-refractivity contribution < 1.29 is 0 Å². The smallest absolute Gasteiger partial charge is 0.0104 e. The minimum absolute atomic E-state index is 0.347. The van der Waals surface area contributed by atoms with Gasteiger partial charge in [-0.3, -0.25) is 0 Å². The SMILES string of the molecule is C/C=C/C=C(C)\C=C\C1=C(C)CCCC1(C)C. The first-order chi connectivity index (χ1) is 7.97. The molecular weight excluding hydrogens is 204 g/mol. The molecule has 0 bridgehead atoms. The molecule has 0 radical (unpaired) electrons. The standard InChI is InChI=1S/C17H26/c1-6-7-9-14(2)11-12-16-15(3)10-8-13-17(16,4)5/h6-7,9,11-12H,8,10,13H2,1-5H3/b7-6+,12-11+,14-9-. The summed E-state index contributed by atoms with van der Waals surface area (Å²) in [5.74, 6) is 0. The van der Waals surface area contributed by atoms with Crippen molar-refractivity contribution in [1.82, 2.24) is 0 Å². The van der Waals surface area contributed by atoms with E-state index in [0.29, 0.717) is 5.41 Å². The zero-order chi connectivity index (χ0) is 12.9. The predicted molar refractivity (Wildman–Crippen MR) is 78.0 cm³/mol. The lowest BCUT2D eigenvalue weighted by atomic mass is 9.72. The van der Waals surface area contributed by atoms with Gasteiger partial charge in [0.2, 0.25) is 0 Å². The Labute approximate surface area is 107 Å². The third-order valence-electron chi connectivity index (χ3n) is 3.61.